The van der Waals surface area contributed by atoms with Crippen molar-refractivity contribution in [2.75, 3.05) is 6.26 Å². The van der Waals surface area contributed by atoms with Crippen LogP contribution in [0, 0.1) is 0 Å². The normalized spacial score (nSPS) is 19.6. The highest BCUT2D eigenvalue weighted by Gasteiger charge is 2.30. The zero-order valence-corrected chi connectivity index (χ0v) is 9.75. The minimum atomic E-state index is -0.576. The van der Waals surface area contributed by atoms with Crippen LogP contribution in [-0.4, -0.2) is 24.1 Å². The molecule has 1 unspecified atom stereocenters. The van der Waals surface area contributed by atoms with E-state index in [2.05, 4.69) is 0 Å². The molecule has 1 heterocycles. The van der Waals surface area contributed by atoms with E-state index in [-0.39, 0.29) is 11.8 Å². The van der Waals surface area contributed by atoms with Gasteiger partial charge in [-0.1, -0.05) is 12.1 Å². The van der Waals surface area contributed by atoms with Gasteiger partial charge in [-0.2, -0.15) is 0 Å². The number of esters is 1. The van der Waals surface area contributed by atoms with Crippen LogP contribution < -0.4 is 0 Å². The molecule has 0 spiro atoms. The summed E-state index contributed by atoms with van der Waals surface area (Å²) in [6, 6.07) is 7.35. The molecule has 0 amide bonds. The van der Waals surface area contributed by atoms with E-state index in [4.69, 9.17) is 4.74 Å². The van der Waals surface area contributed by atoms with Crippen molar-refractivity contribution in [3.63, 3.8) is 0 Å². The summed E-state index contributed by atoms with van der Waals surface area (Å²) in [7, 11) is 0. The van der Waals surface area contributed by atoms with Crippen LogP contribution >= 0.6 is 11.8 Å². The van der Waals surface area contributed by atoms with E-state index in [1.165, 1.54) is 0 Å². The molecule has 16 heavy (non-hydrogen) atoms. The van der Waals surface area contributed by atoms with Crippen LogP contribution in [0.5, 0.6) is 0 Å². The lowest BCUT2D eigenvalue weighted by Gasteiger charge is -2.08. The molecule has 0 bridgehead atoms. The molecule has 1 saturated heterocycles. The van der Waals surface area contributed by atoms with Gasteiger partial charge in [0.15, 0.2) is 6.10 Å². The summed E-state index contributed by atoms with van der Waals surface area (Å²) < 4.78 is 4.94. The van der Waals surface area contributed by atoms with E-state index >= 15 is 0 Å². The van der Waals surface area contributed by atoms with Gasteiger partial charge in [0.1, 0.15) is 0 Å². The Hall–Kier alpha value is -1.29. The zero-order valence-electron chi connectivity index (χ0n) is 8.93. The van der Waals surface area contributed by atoms with Crippen LogP contribution in [-0.2, 0) is 9.53 Å². The number of carbonyl (C=O) groups excluding carboxylic acids is 2. The van der Waals surface area contributed by atoms with Gasteiger partial charge >= 0.3 is 5.97 Å². The first-order chi connectivity index (χ1) is 7.70. The van der Waals surface area contributed by atoms with Gasteiger partial charge in [0.05, 0.1) is 0 Å². The summed E-state index contributed by atoms with van der Waals surface area (Å²) in [5.41, 5.74) is 0.609. The summed E-state index contributed by atoms with van der Waals surface area (Å²) >= 11 is 1.63. The second-order valence-electron chi connectivity index (χ2n) is 3.61. The summed E-state index contributed by atoms with van der Waals surface area (Å²) in [6.07, 6.45) is 2.25. The van der Waals surface area contributed by atoms with Gasteiger partial charge in [-0.25, -0.2) is 0 Å². The quantitative estimate of drug-likeness (QED) is 0.459. The van der Waals surface area contributed by atoms with Crippen LogP contribution in [0.2, 0.25) is 0 Å². The molecule has 84 valence electrons. The Labute approximate surface area is 98.2 Å². The third-order valence-electron chi connectivity index (χ3n) is 2.55. The lowest BCUT2D eigenvalue weighted by Crippen LogP contribution is -2.20. The third kappa shape index (κ3) is 2.27. The Morgan fingerprint density at radius 2 is 2.06 bits per heavy atom. The van der Waals surface area contributed by atoms with Gasteiger partial charge in [0.2, 0.25) is 5.78 Å². The van der Waals surface area contributed by atoms with E-state index in [0.717, 1.165) is 4.90 Å². The molecule has 1 fully saturated rings. The monoisotopic (exact) mass is 236 g/mol. The second kappa shape index (κ2) is 4.70. The highest BCUT2D eigenvalue weighted by molar-refractivity contribution is 7.98. The molecule has 0 radical (unpaired) electrons. The summed E-state index contributed by atoms with van der Waals surface area (Å²) in [5, 5.41) is 0. The fraction of sp³-hybridized carbons (Fsp3) is 0.333. The maximum Gasteiger partial charge on any atom is 0.306 e. The number of cyclic esters (lactones) is 1. The van der Waals surface area contributed by atoms with E-state index in [9.17, 15) is 9.59 Å². The number of thioether (sulfide) groups is 1. The lowest BCUT2D eigenvalue weighted by molar-refractivity contribution is -0.140. The summed E-state index contributed by atoms with van der Waals surface area (Å²) in [6.45, 7) is 0. The molecule has 1 aromatic carbocycles. The predicted octanol–water partition coefficient (Wildman–Crippen LogP) is 2.30. The Bertz CT molecular complexity index is 411. The van der Waals surface area contributed by atoms with Crippen LogP contribution in [0.4, 0.5) is 0 Å². The SMILES string of the molecule is CSc1ccc(C(=O)C2CCC(=O)O2)cc1. The highest BCUT2D eigenvalue weighted by Crippen LogP contribution is 2.20. The number of benzene rings is 1. The van der Waals surface area contributed by atoms with Crippen LogP contribution in [0.1, 0.15) is 23.2 Å². The molecule has 1 aliphatic heterocycles. The van der Waals surface area contributed by atoms with E-state index < -0.39 is 6.10 Å². The third-order valence-corrected chi connectivity index (χ3v) is 3.29. The number of ketones is 1. The Morgan fingerprint density at radius 1 is 1.38 bits per heavy atom. The minimum absolute atomic E-state index is 0.0986. The minimum Gasteiger partial charge on any atom is -0.454 e. The first-order valence-corrected chi connectivity index (χ1v) is 6.31. The van der Waals surface area contributed by atoms with Crippen molar-refractivity contribution in [3.05, 3.63) is 29.8 Å². The molecule has 2 rings (SSSR count). The van der Waals surface area contributed by atoms with E-state index in [1.807, 2.05) is 18.4 Å². The van der Waals surface area contributed by atoms with Crippen molar-refractivity contribution in [2.45, 2.75) is 23.8 Å². The Balaban J connectivity index is 2.11. The number of Topliss-reactive ketones (excluding diaryl/α,β-unsaturated/α-hetero) is 1. The van der Waals surface area contributed by atoms with Crippen LogP contribution in [0.25, 0.3) is 0 Å². The highest BCUT2D eigenvalue weighted by atomic mass is 32.2. The number of carbonyl (C=O) groups is 2. The number of ether oxygens (including phenoxy) is 1. The van der Waals surface area contributed by atoms with Gasteiger partial charge in [0, 0.05) is 23.3 Å². The van der Waals surface area contributed by atoms with Gasteiger partial charge in [-0.3, -0.25) is 9.59 Å². The predicted molar refractivity (Wildman–Crippen MR) is 61.7 cm³/mol. The van der Waals surface area contributed by atoms with Crippen molar-refractivity contribution < 1.29 is 14.3 Å². The van der Waals surface area contributed by atoms with Gasteiger partial charge in [0.25, 0.3) is 0 Å². The molecule has 0 N–H and O–H groups in total. The van der Waals surface area contributed by atoms with Crippen molar-refractivity contribution in [1.82, 2.24) is 0 Å². The van der Waals surface area contributed by atoms with Crippen molar-refractivity contribution in [3.8, 4) is 0 Å². The molecule has 1 aliphatic rings. The fourth-order valence-corrected chi connectivity index (χ4v) is 2.06. The molecule has 1 atom stereocenters. The van der Waals surface area contributed by atoms with E-state index in [0.29, 0.717) is 18.4 Å². The van der Waals surface area contributed by atoms with Crippen molar-refractivity contribution in [1.29, 1.82) is 0 Å². The molecule has 4 heteroatoms. The smallest absolute Gasteiger partial charge is 0.306 e. The largest absolute Gasteiger partial charge is 0.454 e. The molecule has 1 aromatic rings. The molecular formula is C12H12O3S. The average Bonchev–Trinajstić information content (AvgIpc) is 2.75. The fourth-order valence-electron chi connectivity index (χ4n) is 1.65. The average molecular weight is 236 g/mol. The number of rotatable bonds is 3. The maximum atomic E-state index is 11.9. The van der Waals surface area contributed by atoms with Crippen molar-refractivity contribution >= 4 is 23.5 Å². The Kier molecular flexibility index (Phi) is 3.29. The first-order valence-electron chi connectivity index (χ1n) is 5.08. The van der Waals surface area contributed by atoms with Crippen LogP contribution in [0.3, 0.4) is 0 Å². The number of hydrogen-bond acceptors (Lipinski definition) is 4. The summed E-state index contributed by atoms with van der Waals surface area (Å²) in [5.74, 6) is -0.377. The molecule has 0 aliphatic carbocycles. The van der Waals surface area contributed by atoms with Gasteiger partial charge < -0.3 is 4.74 Å². The molecule has 0 aromatic heterocycles. The van der Waals surface area contributed by atoms with Crippen molar-refractivity contribution in [2.24, 2.45) is 0 Å². The topological polar surface area (TPSA) is 43.4 Å². The molecular weight excluding hydrogens is 224 g/mol. The number of hydrogen-bond donors (Lipinski definition) is 0. The lowest BCUT2D eigenvalue weighted by atomic mass is 10.0. The standard InChI is InChI=1S/C12H12O3S/c1-16-9-4-2-8(3-5-9)12(14)10-6-7-11(13)15-10/h2-5,10H,6-7H2,1H3. The first kappa shape index (κ1) is 11.2. The van der Waals surface area contributed by atoms with E-state index in [1.54, 1.807) is 23.9 Å². The van der Waals surface area contributed by atoms with Crippen LogP contribution in [0.15, 0.2) is 29.2 Å². The van der Waals surface area contributed by atoms with Gasteiger partial charge in [-0.05, 0) is 18.4 Å². The maximum absolute atomic E-state index is 11.9. The van der Waals surface area contributed by atoms with Gasteiger partial charge in [-0.15, -0.1) is 11.8 Å². The summed E-state index contributed by atoms with van der Waals surface area (Å²) in [4.78, 5) is 23.9. The molecule has 0 saturated carbocycles. The Morgan fingerprint density at radius 3 is 2.56 bits per heavy atom. The zero-order chi connectivity index (χ0) is 11.5. The second-order valence-corrected chi connectivity index (χ2v) is 4.49. The molecule has 3 nitrogen and oxygen atoms in total.